The van der Waals surface area contributed by atoms with Gasteiger partial charge in [0.2, 0.25) is 4.96 Å². The van der Waals surface area contributed by atoms with Crippen molar-refractivity contribution in [3.8, 4) is 22.7 Å². The lowest BCUT2D eigenvalue weighted by Gasteiger charge is -1.98. The second-order valence-electron chi connectivity index (χ2n) is 6.68. The Bertz CT molecular complexity index is 1620. The smallest absolute Gasteiger partial charge is 0.291 e. The molecule has 0 radical (unpaired) electrons. The average molecular weight is 485 g/mol. The second-order valence-corrected chi connectivity index (χ2v) is 8.53. The molecule has 0 spiro atoms. The standard InChI is InChI=1S/C21H10Cl2N4O4S/c22-12-4-6-15(16(23)9-12)19-24-21-26(25-19)20(28)18(32-21)10-14-5-7-17(31-14)11-2-1-3-13(8-11)27(29)30/h1-10H. The summed E-state index contributed by atoms with van der Waals surface area (Å²) in [7, 11) is 0. The van der Waals surface area contributed by atoms with Gasteiger partial charge in [0.15, 0.2) is 5.82 Å². The van der Waals surface area contributed by atoms with Crippen LogP contribution in [-0.2, 0) is 0 Å². The van der Waals surface area contributed by atoms with Crippen LogP contribution >= 0.6 is 34.5 Å². The summed E-state index contributed by atoms with van der Waals surface area (Å²) in [5, 5.41) is 16.1. The van der Waals surface area contributed by atoms with E-state index in [0.29, 0.717) is 48.0 Å². The first kappa shape index (κ1) is 20.4. The molecular formula is C21H10Cl2N4O4S. The van der Waals surface area contributed by atoms with E-state index in [1.165, 1.54) is 16.6 Å². The molecule has 3 heterocycles. The van der Waals surface area contributed by atoms with Gasteiger partial charge in [-0.3, -0.25) is 14.9 Å². The highest BCUT2D eigenvalue weighted by atomic mass is 35.5. The van der Waals surface area contributed by atoms with Gasteiger partial charge in [0.1, 0.15) is 16.1 Å². The lowest BCUT2D eigenvalue weighted by atomic mass is 10.1. The van der Waals surface area contributed by atoms with Crippen molar-refractivity contribution in [1.82, 2.24) is 14.6 Å². The van der Waals surface area contributed by atoms with Gasteiger partial charge in [-0.1, -0.05) is 46.7 Å². The predicted molar refractivity (Wildman–Crippen MR) is 122 cm³/mol. The number of nitro benzene ring substituents is 1. The Labute approximate surface area is 193 Å². The summed E-state index contributed by atoms with van der Waals surface area (Å²) in [5.74, 6) is 1.20. The molecule has 0 aliphatic heterocycles. The normalized spacial score (nSPS) is 12.0. The van der Waals surface area contributed by atoms with Crippen LogP contribution in [0, 0.1) is 10.1 Å². The van der Waals surface area contributed by atoms with Crippen molar-refractivity contribution in [3.63, 3.8) is 0 Å². The highest BCUT2D eigenvalue weighted by Gasteiger charge is 2.15. The molecule has 8 nitrogen and oxygen atoms in total. The van der Waals surface area contributed by atoms with Gasteiger partial charge >= 0.3 is 0 Å². The van der Waals surface area contributed by atoms with E-state index >= 15 is 0 Å². The zero-order chi connectivity index (χ0) is 22.4. The highest BCUT2D eigenvalue weighted by Crippen LogP contribution is 2.29. The molecule has 0 aliphatic rings. The number of nitro groups is 1. The first-order valence-corrected chi connectivity index (χ1v) is 10.7. The number of non-ortho nitro benzene ring substituents is 1. The summed E-state index contributed by atoms with van der Waals surface area (Å²) >= 11 is 13.3. The molecule has 5 aromatic rings. The molecule has 0 amide bonds. The zero-order valence-electron chi connectivity index (χ0n) is 15.9. The first-order chi connectivity index (χ1) is 15.4. The lowest BCUT2D eigenvalue weighted by Crippen LogP contribution is -2.23. The van der Waals surface area contributed by atoms with Crippen molar-refractivity contribution in [1.29, 1.82) is 0 Å². The average Bonchev–Trinajstić information content (AvgIpc) is 3.46. The van der Waals surface area contributed by atoms with Crippen LogP contribution in [0.4, 0.5) is 5.69 Å². The van der Waals surface area contributed by atoms with Gasteiger partial charge in [0.25, 0.3) is 11.2 Å². The van der Waals surface area contributed by atoms with Gasteiger partial charge in [0, 0.05) is 34.4 Å². The fourth-order valence-electron chi connectivity index (χ4n) is 3.11. The van der Waals surface area contributed by atoms with Crippen LogP contribution in [0.5, 0.6) is 0 Å². The quantitative estimate of drug-likeness (QED) is 0.267. The number of aromatic nitrogens is 3. The van der Waals surface area contributed by atoms with Crippen LogP contribution in [0.15, 0.2) is 63.8 Å². The molecule has 32 heavy (non-hydrogen) atoms. The number of furan rings is 1. The molecule has 11 heteroatoms. The summed E-state index contributed by atoms with van der Waals surface area (Å²) in [5.41, 5.74) is 0.758. The van der Waals surface area contributed by atoms with Gasteiger partial charge in [-0.05, 0) is 30.3 Å². The van der Waals surface area contributed by atoms with E-state index in [-0.39, 0.29) is 11.2 Å². The van der Waals surface area contributed by atoms with E-state index in [1.807, 2.05) is 0 Å². The van der Waals surface area contributed by atoms with E-state index in [2.05, 4.69) is 10.1 Å². The second kappa shape index (κ2) is 7.86. The van der Waals surface area contributed by atoms with E-state index in [9.17, 15) is 14.9 Å². The summed E-state index contributed by atoms with van der Waals surface area (Å²) in [6, 6.07) is 14.4. The Kier molecular flexibility index (Phi) is 5.01. The minimum atomic E-state index is -0.469. The van der Waals surface area contributed by atoms with Gasteiger partial charge in [-0.15, -0.1) is 5.10 Å². The van der Waals surface area contributed by atoms with Crippen LogP contribution < -0.4 is 10.1 Å². The Hall–Kier alpha value is -3.53. The van der Waals surface area contributed by atoms with E-state index in [0.717, 1.165) is 11.3 Å². The molecule has 2 aromatic carbocycles. The van der Waals surface area contributed by atoms with Crippen molar-refractivity contribution < 1.29 is 9.34 Å². The minimum absolute atomic E-state index is 0.0339. The number of fused-ring (bicyclic) bond motifs is 1. The van der Waals surface area contributed by atoms with Crippen LogP contribution in [0.25, 0.3) is 33.7 Å². The first-order valence-electron chi connectivity index (χ1n) is 9.10. The van der Waals surface area contributed by atoms with Crippen molar-refractivity contribution in [2.24, 2.45) is 0 Å². The molecule has 0 bridgehead atoms. The maximum absolute atomic E-state index is 12.8. The summed E-state index contributed by atoms with van der Waals surface area (Å²) in [6.45, 7) is 0. The van der Waals surface area contributed by atoms with Crippen LogP contribution in [0.1, 0.15) is 5.76 Å². The van der Waals surface area contributed by atoms with Crippen LogP contribution in [-0.4, -0.2) is 19.5 Å². The number of benzene rings is 2. The Morgan fingerprint density at radius 2 is 1.97 bits per heavy atom. The minimum Gasteiger partial charge on any atom is -0.457 e. The SMILES string of the molecule is O=c1c(=Cc2ccc(-c3cccc([N+](=O)[O-])c3)o2)sc2nc(-c3ccc(Cl)cc3Cl)nn12. The summed E-state index contributed by atoms with van der Waals surface area (Å²) in [6.07, 6.45) is 1.58. The summed E-state index contributed by atoms with van der Waals surface area (Å²) in [4.78, 5) is 28.1. The number of nitrogens with zero attached hydrogens (tertiary/aromatic N) is 4. The number of hydrogen-bond acceptors (Lipinski definition) is 7. The largest absolute Gasteiger partial charge is 0.457 e. The molecule has 0 N–H and O–H groups in total. The molecule has 0 saturated carbocycles. The number of hydrogen-bond donors (Lipinski definition) is 0. The number of halogens is 2. The van der Waals surface area contributed by atoms with Gasteiger partial charge < -0.3 is 4.42 Å². The van der Waals surface area contributed by atoms with Crippen molar-refractivity contribution >= 4 is 51.3 Å². The Balaban J connectivity index is 1.51. The molecule has 0 fully saturated rings. The van der Waals surface area contributed by atoms with Crippen molar-refractivity contribution in [2.75, 3.05) is 0 Å². The fraction of sp³-hybridized carbons (Fsp3) is 0. The monoisotopic (exact) mass is 484 g/mol. The summed E-state index contributed by atoms with van der Waals surface area (Å²) < 4.78 is 7.36. The fourth-order valence-corrected chi connectivity index (χ4v) is 4.49. The zero-order valence-corrected chi connectivity index (χ0v) is 18.2. The molecule has 0 unspecified atom stereocenters. The van der Waals surface area contributed by atoms with E-state index in [4.69, 9.17) is 27.6 Å². The molecule has 0 saturated heterocycles. The Morgan fingerprint density at radius 3 is 2.72 bits per heavy atom. The maximum atomic E-state index is 12.8. The predicted octanol–water partition coefficient (Wildman–Crippen LogP) is 4.84. The Morgan fingerprint density at radius 1 is 1.12 bits per heavy atom. The highest BCUT2D eigenvalue weighted by molar-refractivity contribution is 7.15. The van der Waals surface area contributed by atoms with E-state index < -0.39 is 4.92 Å². The molecule has 0 atom stereocenters. The molecule has 3 aromatic heterocycles. The van der Waals surface area contributed by atoms with Gasteiger partial charge in [-0.25, -0.2) is 0 Å². The maximum Gasteiger partial charge on any atom is 0.291 e. The lowest BCUT2D eigenvalue weighted by molar-refractivity contribution is -0.384. The third-order valence-corrected chi connectivity index (χ3v) is 6.10. The van der Waals surface area contributed by atoms with Crippen molar-refractivity contribution in [3.05, 3.63) is 95.4 Å². The van der Waals surface area contributed by atoms with Gasteiger partial charge in [0.05, 0.1) is 9.95 Å². The van der Waals surface area contributed by atoms with Crippen molar-refractivity contribution in [2.45, 2.75) is 0 Å². The van der Waals surface area contributed by atoms with Crippen LogP contribution in [0.3, 0.4) is 0 Å². The number of rotatable bonds is 4. The van der Waals surface area contributed by atoms with E-state index in [1.54, 1.807) is 48.5 Å². The van der Waals surface area contributed by atoms with Crippen LogP contribution in [0.2, 0.25) is 10.0 Å². The molecular weight excluding hydrogens is 475 g/mol. The molecule has 5 rings (SSSR count). The topological polar surface area (TPSA) is 104 Å². The number of thiazole rings is 1. The van der Waals surface area contributed by atoms with Gasteiger partial charge in [-0.2, -0.15) is 9.50 Å². The molecule has 158 valence electrons. The third kappa shape index (κ3) is 3.66. The molecule has 0 aliphatic carbocycles. The third-order valence-electron chi connectivity index (χ3n) is 4.60.